The molecule has 0 saturated carbocycles. The highest BCUT2D eigenvalue weighted by Gasteiger charge is 2.29. The first-order valence-corrected chi connectivity index (χ1v) is 9.80. The van der Waals surface area contributed by atoms with Crippen molar-refractivity contribution in [1.29, 1.82) is 0 Å². The fraction of sp³-hybridized carbons (Fsp3) is 0.333. The van der Waals surface area contributed by atoms with E-state index in [1.54, 1.807) is 6.07 Å². The van der Waals surface area contributed by atoms with Crippen molar-refractivity contribution in [2.24, 2.45) is 0 Å². The molecule has 3 rings (SSSR count). The van der Waals surface area contributed by atoms with Gasteiger partial charge < -0.3 is 14.9 Å². The fourth-order valence-corrected chi connectivity index (χ4v) is 3.75. The van der Waals surface area contributed by atoms with Gasteiger partial charge in [-0.05, 0) is 19.1 Å². The van der Waals surface area contributed by atoms with Crippen molar-refractivity contribution in [2.45, 2.75) is 18.1 Å². The molecule has 1 aromatic heterocycles. The Morgan fingerprint density at radius 3 is 2.67 bits per heavy atom. The molecule has 27 heavy (non-hydrogen) atoms. The van der Waals surface area contributed by atoms with Gasteiger partial charge in [0.05, 0.1) is 5.75 Å². The number of hydrogen-bond acceptors (Lipinski definition) is 6. The Bertz CT molecular complexity index is 837. The molecule has 1 atom stereocenters. The maximum atomic E-state index is 12.7. The summed E-state index contributed by atoms with van der Waals surface area (Å²) in [7, 11) is 0. The van der Waals surface area contributed by atoms with E-state index in [1.165, 1.54) is 0 Å². The molecule has 7 nitrogen and oxygen atoms in total. The van der Waals surface area contributed by atoms with Gasteiger partial charge in [-0.25, -0.2) is 9.97 Å². The molecule has 1 aromatic carbocycles. The summed E-state index contributed by atoms with van der Waals surface area (Å²) in [6.07, 6.45) is 0. The second kappa shape index (κ2) is 8.58. The fourth-order valence-electron chi connectivity index (χ4n) is 2.95. The molecule has 1 fully saturated rings. The van der Waals surface area contributed by atoms with Crippen LogP contribution in [0.3, 0.4) is 0 Å². The summed E-state index contributed by atoms with van der Waals surface area (Å²) in [6.45, 7) is 3.78. The smallest absolute Gasteiger partial charge is 0.313 e. The molecule has 0 aliphatic carbocycles. The lowest BCUT2D eigenvalue weighted by Gasteiger charge is -2.40. The van der Waals surface area contributed by atoms with Gasteiger partial charge in [0.25, 0.3) is 5.91 Å². The third-order valence-electron chi connectivity index (χ3n) is 4.22. The van der Waals surface area contributed by atoms with Crippen molar-refractivity contribution in [2.75, 3.05) is 30.3 Å². The molecule has 2 heterocycles. The molecule has 0 bridgehead atoms. The van der Waals surface area contributed by atoms with Crippen LogP contribution in [0.2, 0.25) is 5.15 Å². The van der Waals surface area contributed by atoms with E-state index in [2.05, 4.69) is 9.97 Å². The molecule has 1 amide bonds. The quantitative estimate of drug-likeness (QED) is 0.464. The van der Waals surface area contributed by atoms with Crippen LogP contribution < -0.4 is 4.90 Å². The van der Waals surface area contributed by atoms with Crippen LogP contribution in [0.5, 0.6) is 0 Å². The van der Waals surface area contributed by atoms with Crippen molar-refractivity contribution in [3.05, 3.63) is 47.1 Å². The number of hydrogen-bond donors (Lipinski definition) is 1. The number of halogens is 1. The number of carboxylic acid groups (broad SMARTS) is 1. The lowest BCUT2D eigenvalue weighted by molar-refractivity contribution is -0.133. The number of amides is 1. The Balaban J connectivity index is 1.70. The largest absolute Gasteiger partial charge is 0.481 e. The average Bonchev–Trinajstić information content (AvgIpc) is 2.66. The van der Waals surface area contributed by atoms with E-state index in [9.17, 15) is 9.59 Å². The summed E-state index contributed by atoms with van der Waals surface area (Å²) < 4.78 is 0. The number of nitrogens with zero attached hydrogens (tertiary/aromatic N) is 4. The minimum atomic E-state index is -0.938. The molecule has 142 valence electrons. The Kier molecular flexibility index (Phi) is 6.18. The van der Waals surface area contributed by atoms with E-state index in [4.69, 9.17) is 16.7 Å². The predicted octanol–water partition coefficient (Wildman–Crippen LogP) is 2.66. The Morgan fingerprint density at radius 1 is 1.26 bits per heavy atom. The zero-order valence-electron chi connectivity index (χ0n) is 14.7. The van der Waals surface area contributed by atoms with Crippen molar-refractivity contribution in [3.8, 4) is 0 Å². The molecular formula is C18H19ClN4O3S. The van der Waals surface area contributed by atoms with Crippen molar-refractivity contribution < 1.29 is 14.7 Å². The molecular weight excluding hydrogens is 388 g/mol. The minimum absolute atomic E-state index is 0.00433. The van der Waals surface area contributed by atoms with Crippen LogP contribution in [-0.2, 0) is 4.79 Å². The molecule has 1 aliphatic rings. The predicted molar refractivity (Wildman–Crippen MR) is 105 cm³/mol. The van der Waals surface area contributed by atoms with Crippen molar-refractivity contribution >= 4 is 41.1 Å². The van der Waals surface area contributed by atoms with Crippen LogP contribution >= 0.6 is 23.4 Å². The summed E-state index contributed by atoms with van der Waals surface area (Å²) in [6, 6.07) is 10.9. The summed E-state index contributed by atoms with van der Waals surface area (Å²) in [4.78, 5) is 35.8. The monoisotopic (exact) mass is 406 g/mol. The Hall–Kier alpha value is -2.32. The second-order valence-corrected chi connectivity index (χ2v) is 7.50. The van der Waals surface area contributed by atoms with Gasteiger partial charge in [0.1, 0.15) is 11.0 Å². The number of thioether (sulfide) groups is 1. The van der Waals surface area contributed by atoms with Crippen molar-refractivity contribution in [3.63, 3.8) is 0 Å². The van der Waals surface area contributed by atoms with Gasteiger partial charge >= 0.3 is 5.97 Å². The van der Waals surface area contributed by atoms with Crippen molar-refractivity contribution in [1.82, 2.24) is 14.9 Å². The Morgan fingerprint density at radius 2 is 2.00 bits per heavy atom. The lowest BCUT2D eigenvalue weighted by atomic mass is 10.1. The van der Waals surface area contributed by atoms with Gasteiger partial charge in [-0.1, -0.05) is 41.6 Å². The van der Waals surface area contributed by atoms with E-state index in [-0.39, 0.29) is 22.9 Å². The first kappa shape index (κ1) is 19.4. The van der Waals surface area contributed by atoms with Gasteiger partial charge in [0, 0.05) is 37.3 Å². The zero-order chi connectivity index (χ0) is 19.4. The number of carbonyl (C=O) groups is 2. The summed E-state index contributed by atoms with van der Waals surface area (Å²) in [5.41, 5.74) is 0.676. The summed E-state index contributed by atoms with van der Waals surface area (Å²) in [5.74, 6) is -0.412. The maximum absolute atomic E-state index is 12.7. The maximum Gasteiger partial charge on any atom is 0.313 e. The third kappa shape index (κ3) is 4.90. The van der Waals surface area contributed by atoms with Crippen LogP contribution in [0.1, 0.15) is 17.3 Å². The highest BCUT2D eigenvalue weighted by Crippen LogP contribution is 2.24. The molecule has 1 unspecified atom stereocenters. The number of anilines is 1. The zero-order valence-corrected chi connectivity index (χ0v) is 16.3. The van der Waals surface area contributed by atoms with E-state index >= 15 is 0 Å². The molecule has 0 spiro atoms. The van der Waals surface area contributed by atoms with E-state index in [1.807, 2.05) is 47.1 Å². The molecule has 1 N–H and O–H groups in total. The number of aliphatic carboxylic acids is 1. The van der Waals surface area contributed by atoms with Crippen LogP contribution in [0, 0.1) is 0 Å². The van der Waals surface area contributed by atoms with Gasteiger partial charge in [-0.15, -0.1) is 0 Å². The number of carbonyl (C=O) groups excluding carboxylic acids is 1. The number of carboxylic acids is 1. The first-order chi connectivity index (χ1) is 12.9. The van der Waals surface area contributed by atoms with Gasteiger partial charge in [0.2, 0.25) is 0 Å². The van der Waals surface area contributed by atoms with Gasteiger partial charge in [-0.3, -0.25) is 9.59 Å². The normalized spacial score (nSPS) is 17.0. The molecule has 0 radical (unpaired) electrons. The third-order valence-corrected chi connectivity index (χ3v) is 5.24. The van der Waals surface area contributed by atoms with E-state index < -0.39 is 5.97 Å². The standard InChI is InChI=1S/C18H19ClN4O3S/c1-12-10-22(7-8-23(12)17(26)13-5-3-2-4-6-13)15-9-14(19)20-18(21-15)27-11-16(24)25/h2-6,9,12H,7-8,10-11H2,1H3,(H,24,25). The lowest BCUT2D eigenvalue weighted by Crippen LogP contribution is -2.54. The van der Waals surface area contributed by atoms with Crippen LogP contribution in [-0.4, -0.2) is 63.3 Å². The summed E-state index contributed by atoms with van der Waals surface area (Å²) >= 11 is 7.10. The molecule has 9 heteroatoms. The Labute approximate surface area is 166 Å². The van der Waals surface area contributed by atoms with Crippen LogP contribution in [0.25, 0.3) is 0 Å². The molecule has 2 aromatic rings. The van der Waals surface area contributed by atoms with Gasteiger partial charge in [-0.2, -0.15) is 0 Å². The summed E-state index contributed by atoms with van der Waals surface area (Å²) in [5, 5.41) is 9.41. The molecule has 1 saturated heterocycles. The molecule has 1 aliphatic heterocycles. The topological polar surface area (TPSA) is 86.6 Å². The van der Waals surface area contributed by atoms with E-state index in [0.717, 1.165) is 11.8 Å². The van der Waals surface area contributed by atoms with Gasteiger partial charge in [0.15, 0.2) is 5.16 Å². The number of aromatic nitrogens is 2. The second-order valence-electron chi connectivity index (χ2n) is 6.17. The highest BCUT2D eigenvalue weighted by molar-refractivity contribution is 7.99. The number of piperazine rings is 1. The number of benzene rings is 1. The van der Waals surface area contributed by atoms with E-state index in [0.29, 0.717) is 36.2 Å². The van der Waals surface area contributed by atoms with Crippen LogP contribution in [0.15, 0.2) is 41.6 Å². The minimum Gasteiger partial charge on any atom is -0.481 e. The average molecular weight is 407 g/mol. The number of rotatable bonds is 5. The highest BCUT2D eigenvalue weighted by atomic mass is 35.5. The SMILES string of the molecule is CC1CN(c2cc(Cl)nc(SCC(=O)O)n2)CCN1C(=O)c1ccccc1. The first-order valence-electron chi connectivity index (χ1n) is 8.44. The van der Waals surface area contributed by atoms with Crippen LogP contribution in [0.4, 0.5) is 5.82 Å².